The number of carbonyl (C=O) groups is 2. The van der Waals surface area contributed by atoms with Gasteiger partial charge in [-0.15, -0.1) is 0 Å². The fourth-order valence-electron chi connectivity index (χ4n) is 5.08. The molecule has 0 unspecified atom stereocenters. The number of nitrogens with zero attached hydrogens (tertiary/aromatic N) is 2. The van der Waals surface area contributed by atoms with E-state index < -0.39 is 5.54 Å². The molecule has 3 aliphatic rings. The Hall–Kier alpha value is -2.08. The van der Waals surface area contributed by atoms with Gasteiger partial charge in [0.1, 0.15) is 11.3 Å². The monoisotopic (exact) mass is 399 g/mol. The highest BCUT2D eigenvalue weighted by atomic mass is 16.5. The summed E-state index contributed by atoms with van der Waals surface area (Å²) in [5, 5.41) is 3.02. The third kappa shape index (κ3) is 4.42. The normalized spacial score (nSPS) is 22.9. The van der Waals surface area contributed by atoms with Gasteiger partial charge in [0.2, 0.25) is 0 Å². The van der Waals surface area contributed by atoms with Crippen LogP contribution in [0.1, 0.15) is 56.9 Å². The zero-order valence-electron chi connectivity index (χ0n) is 17.5. The summed E-state index contributed by atoms with van der Waals surface area (Å²) in [5.41, 5.74) is 0.747. The Balaban J connectivity index is 1.23. The maximum absolute atomic E-state index is 12.9. The SMILES string of the molecule is COc1ccc(CCC2CCN(CN3C(=O)NC4(CCCCC4)C3=O)CC2)cc1. The lowest BCUT2D eigenvalue weighted by atomic mass is 9.82. The number of imide groups is 1. The van der Waals surface area contributed by atoms with Crippen LogP contribution < -0.4 is 10.1 Å². The molecule has 6 nitrogen and oxygen atoms in total. The third-order valence-corrected chi connectivity index (χ3v) is 7.00. The van der Waals surface area contributed by atoms with Crippen LogP contribution >= 0.6 is 0 Å². The predicted molar refractivity (Wildman–Crippen MR) is 112 cm³/mol. The fourth-order valence-corrected chi connectivity index (χ4v) is 5.08. The number of aryl methyl sites for hydroxylation is 1. The minimum Gasteiger partial charge on any atom is -0.497 e. The molecular formula is C23H33N3O3. The molecule has 29 heavy (non-hydrogen) atoms. The van der Waals surface area contributed by atoms with E-state index in [1.165, 1.54) is 16.9 Å². The van der Waals surface area contributed by atoms with Gasteiger partial charge in [-0.05, 0) is 62.1 Å². The second kappa shape index (κ2) is 8.74. The number of methoxy groups -OCH3 is 1. The Kier molecular flexibility index (Phi) is 6.09. The molecule has 0 bridgehead atoms. The van der Waals surface area contributed by atoms with E-state index in [0.717, 1.165) is 70.2 Å². The minimum atomic E-state index is -0.605. The van der Waals surface area contributed by atoms with Gasteiger partial charge in [-0.3, -0.25) is 9.69 Å². The molecule has 0 atom stereocenters. The molecule has 0 aromatic heterocycles. The quantitative estimate of drug-likeness (QED) is 0.743. The summed E-state index contributed by atoms with van der Waals surface area (Å²) in [6.45, 7) is 2.35. The lowest BCUT2D eigenvalue weighted by Crippen LogP contribution is -2.49. The summed E-state index contributed by atoms with van der Waals surface area (Å²) in [7, 11) is 1.69. The zero-order chi connectivity index (χ0) is 20.3. The summed E-state index contributed by atoms with van der Waals surface area (Å²) in [6, 6.07) is 8.14. The van der Waals surface area contributed by atoms with Gasteiger partial charge in [0.25, 0.3) is 5.91 Å². The summed E-state index contributed by atoms with van der Waals surface area (Å²) in [4.78, 5) is 29.1. The van der Waals surface area contributed by atoms with Crippen molar-refractivity contribution in [2.24, 2.45) is 5.92 Å². The molecule has 4 rings (SSSR count). The van der Waals surface area contributed by atoms with Gasteiger partial charge < -0.3 is 10.1 Å². The second-order valence-electron chi connectivity index (χ2n) is 8.90. The molecule has 1 spiro atoms. The van der Waals surface area contributed by atoms with Crippen LogP contribution in [0.4, 0.5) is 4.79 Å². The van der Waals surface area contributed by atoms with Crippen LogP contribution in [0.25, 0.3) is 0 Å². The van der Waals surface area contributed by atoms with E-state index in [-0.39, 0.29) is 11.9 Å². The number of ether oxygens (including phenoxy) is 1. The van der Waals surface area contributed by atoms with Gasteiger partial charge in [-0.1, -0.05) is 31.4 Å². The van der Waals surface area contributed by atoms with Crippen LogP contribution in [0, 0.1) is 5.92 Å². The average Bonchev–Trinajstić information content (AvgIpc) is 2.98. The number of nitrogens with one attached hydrogen (secondary N) is 1. The molecule has 1 aliphatic carbocycles. The molecular weight excluding hydrogens is 366 g/mol. The van der Waals surface area contributed by atoms with Crippen LogP contribution in [0.2, 0.25) is 0 Å². The van der Waals surface area contributed by atoms with Gasteiger partial charge >= 0.3 is 6.03 Å². The van der Waals surface area contributed by atoms with Crippen molar-refractivity contribution in [1.82, 2.24) is 15.1 Å². The highest BCUT2D eigenvalue weighted by molar-refractivity contribution is 6.07. The maximum atomic E-state index is 12.9. The molecule has 2 aliphatic heterocycles. The number of hydrogen-bond donors (Lipinski definition) is 1. The molecule has 0 radical (unpaired) electrons. The minimum absolute atomic E-state index is 0.00355. The molecule has 2 saturated heterocycles. The first-order valence-electron chi connectivity index (χ1n) is 11.1. The molecule has 1 aromatic rings. The van der Waals surface area contributed by atoms with Crippen molar-refractivity contribution in [3.05, 3.63) is 29.8 Å². The van der Waals surface area contributed by atoms with E-state index in [0.29, 0.717) is 12.6 Å². The van der Waals surface area contributed by atoms with Crippen LogP contribution in [-0.2, 0) is 11.2 Å². The van der Waals surface area contributed by atoms with E-state index in [1.54, 1.807) is 7.11 Å². The number of piperidine rings is 1. The first kappa shape index (κ1) is 20.2. The number of rotatable bonds is 6. The molecule has 3 amide bonds. The van der Waals surface area contributed by atoms with Gasteiger partial charge in [0.15, 0.2) is 0 Å². The third-order valence-electron chi connectivity index (χ3n) is 7.00. The topological polar surface area (TPSA) is 61.9 Å². The Morgan fingerprint density at radius 2 is 1.76 bits per heavy atom. The lowest BCUT2D eigenvalue weighted by Gasteiger charge is -2.34. The van der Waals surface area contributed by atoms with Gasteiger partial charge in [0.05, 0.1) is 13.8 Å². The number of benzene rings is 1. The highest BCUT2D eigenvalue weighted by Gasteiger charge is 2.51. The molecule has 6 heteroatoms. The first-order valence-corrected chi connectivity index (χ1v) is 11.1. The predicted octanol–water partition coefficient (Wildman–Crippen LogP) is 3.55. The van der Waals surface area contributed by atoms with Crippen molar-refractivity contribution in [1.29, 1.82) is 0 Å². The van der Waals surface area contributed by atoms with Crippen LogP contribution in [0.15, 0.2) is 24.3 Å². The Bertz CT molecular complexity index is 719. The van der Waals surface area contributed by atoms with Crippen molar-refractivity contribution < 1.29 is 14.3 Å². The molecule has 2 heterocycles. The van der Waals surface area contributed by atoms with Crippen molar-refractivity contribution in [3.8, 4) is 5.75 Å². The van der Waals surface area contributed by atoms with Crippen molar-refractivity contribution in [2.45, 2.75) is 63.3 Å². The van der Waals surface area contributed by atoms with E-state index in [1.807, 2.05) is 12.1 Å². The fraction of sp³-hybridized carbons (Fsp3) is 0.652. The summed E-state index contributed by atoms with van der Waals surface area (Å²) < 4.78 is 5.22. The molecule has 1 aromatic carbocycles. The highest BCUT2D eigenvalue weighted by Crippen LogP contribution is 2.34. The summed E-state index contributed by atoms with van der Waals surface area (Å²) in [6.07, 6.45) is 9.34. The van der Waals surface area contributed by atoms with Crippen molar-refractivity contribution in [3.63, 3.8) is 0 Å². The van der Waals surface area contributed by atoms with E-state index >= 15 is 0 Å². The average molecular weight is 400 g/mol. The number of amides is 3. The number of carbonyl (C=O) groups excluding carboxylic acids is 2. The zero-order valence-corrected chi connectivity index (χ0v) is 17.5. The Labute approximate surface area is 173 Å². The molecule has 1 saturated carbocycles. The molecule has 3 fully saturated rings. The second-order valence-corrected chi connectivity index (χ2v) is 8.90. The maximum Gasteiger partial charge on any atom is 0.326 e. The number of urea groups is 1. The van der Waals surface area contributed by atoms with Crippen molar-refractivity contribution in [2.75, 3.05) is 26.9 Å². The van der Waals surface area contributed by atoms with E-state index in [4.69, 9.17) is 4.74 Å². The Morgan fingerprint density at radius 1 is 1.07 bits per heavy atom. The lowest BCUT2D eigenvalue weighted by molar-refractivity contribution is -0.134. The number of hydrogen-bond acceptors (Lipinski definition) is 4. The summed E-state index contributed by atoms with van der Waals surface area (Å²) >= 11 is 0. The van der Waals surface area contributed by atoms with Gasteiger partial charge in [-0.25, -0.2) is 9.69 Å². The first-order chi connectivity index (χ1) is 14.1. The number of likely N-dealkylation sites (tertiary alicyclic amines) is 1. The Morgan fingerprint density at radius 3 is 2.41 bits per heavy atom. The van der Waals surface area contributed by atoms with E-state index in [9.17, 15) is 9.59 Å². The molecule has 158 valence electrons. The molecule has 1 N–H and O–H groups in total. The smallest absolute Gasteiger partial charge is 0.326 e. The summed E-state index contributed by atoms with van der Waals surface area (Å²) in [5.74, 6) is 1.61. The van der Waals surface area contributed by atoms with E-state index in [2.05, 4.69) is 22.3 Å². The van der Waals surface area contributed by atoms with Gasteiger partial charge in [0, 0.05) is 13.1 Å². The van der Waals surface area contributed by atoms with Crippen molar-refractivity contribution >= 4 is 11.9 Å². The van der Waals surface area contributed by atoms with Gasteiger partial charge in [-0.2, -0.15) is 0 Å². The van der Waals surface area contributed by atoms with Crippen LogP contribution in [0.5, 0.6) is 5.75 Å². The van der Waals surface area contributed by atoms with Crippen LogP contribution in [0.3, 0.4) is 0 Å². The standard InChI is InChI=1S/C23H33N3O3/c1-29-20-9-7-18(8-10-20)5-6-19-11-15-25(16-12-19)17-26-21(27)23(24-22(26)28)13-3-2-4-14-23/h7-10,19H,2-6,11-17H2,1H3,(H,24,28). The van der Waals surface area contributed by atoms with Crippen LogP contribution in [-0.4, -0.2) is 54.1 Å². The largest absolute Gasteiger partial charge is 0.497 e.